The number of hydrogen-bond donors (Lipinski definition) is 0. The maximum absolute atomic E-state index is 6.91. The zero-order valence-electron chi connectivity index (χ0n) is 40.7. The topological polar surface area (TPSA) is 39.7 Å². The number of rotatable bonds is 12. The van der Waals surface area contributed by atoms with Crippen molar-refractivity contribution in [2.45, 2.75) is 64.0 Å². The lowest BCUT2D eigenvalue weighted by Gasteiger charge is -2.35. The van der Waals surface area contributed by atoms with Crippen molar-refractivity contribution >= 4 is 49.5 Å². The molecule has 13 rings (SSSR count). The Morgan fingerprint density at radius 2 is 1.21 bits per heavy atom. The van der Waals surface area contributed by atoms with E-state index >= 15 is 0 Å². The fourth-order valence-corrected chi connectivity index (χ4v) is 11.9. The summed E-state index contributed by atoms with van der Waals surface area (Å²) in [5.74, 6) is 1.65. The molecule has 3 atom stereocenters. The molecule has 350 valence electrons. The SMILES string of the molecule is CCCC/C(=C\C(=N/Cc1ccccc1)c1ccc2c(c1)oc1ccccc12)C1CCC[C@@H]2Oc3ccc(-c4cccc(-c5cccc(-c6ccc7c(c6)c6ccccc6n7-c6ccccc6)c5)c4)cc3C12. The van der Waals surface area contributed by atoms with Crippen molar-refractivity contribution in [2.24, 2.45) is 10.9 Å². The molecule has 2 aromatic heterocycles. The summed E-state index contributed by atoms with van der Waals surface area (Å²) < 4.78 is 15.7. The third-order valence-corrected chi connectivity index (χ3v) is 15.5. The molecule has 3 heterocycles. The normalized spacial score (nSPS) is 16.9. The molecule has 11 aromatic rings. The molecule has 0 spiro atoms. The van der Waals surface area contributed by atoms with Gasteiger partial charge in [-0.1, -0.05) is 158 Å². The molecule has 2 unspecified atom stereocenters. The fraction of sp³-hybridized carbons (Fsp3) is 0.162. The Bertz CT molecular complexity index is 3860. The molecule has 1 fully saturated rings. The van der Waals surface area contributed by atoms with Gasteiger partial charge in [-0.2, -0.15) is 0 Å². The van der Waals surface area contributed by atoms with Crippen molar-refractivity contribution < 1.29 is 9.15 Å². The highest BCUT2D eigenvalue weighted by molar-refractivity contribution is 6.13. The molecule has 0 saturated heterocycles. The Hall–Kier alpha value is -8.21. The van der Waals surface area contributed by atoms with E-state index in [0.29, 0.717) is 12.5 Å². The number of hydrogen-bond acceptors (Lipinski definition) is 3. The van der Waals surface area contributed by atoms with Gasteiger partial charge in [-0.3, -0.25) is 4.99 Å². The fourth-order valence-electron chi connectivity index (χ4n) is 11.9. The van der Waals surface area contributed by atoms with Gasteiger partial charge in [-0.05, 0) is 156 Å². The molecule has 72 heavy (non-hydrogen) atoms. The lowest BCUT2D eigenvalue weighted by atomic mass is 9.70. The molecule has 0 amide bonds. The first-order valence-electron chi connectivity index (χ1n) is 25.9. The molecular weight excluding hydrogens is 877 g/mol. The molecule has 2 aliphatic rings. The smallest absolute Gasteiger partial charge is 0.136 e. The Kier molecular flexibility index (Phi) is 11.5. The van der Waals surface area contributed by atoms with Crippen molar-refractivity contribution in [3.05, 3.63) is 241 Å². The van der Waals surface area contributed by atoms with Gasteiger partial charge in [0, 0.05) is 44.3 Å². The number of unbranched alkanes of at least 4 members (excludes halogenated alkanes) is 1. The summed E-state index contributed by atoms with van der Waals surface area (Å²) in [5.41, 5.74) is 18.8. The molecule has 4 nitrogen and oxygen atoms in total. The number of aromatic nitrogens is 1. The number of para-hydroxylation sites is 3. The molecule has 0 N–H and O–H groups in total. The molecule has 1 aliphatic heterocycles. The van der Waals surface area contributed by atoms with Crippen LogP contribution in [0.15, 0.2) is 233 Å². The van der Waals surface area contributed by atoms with E-state index in [-0.39, 0.29) is 12.0 Å². The van der Waals surface area contributed by atoms with Crippen molar-refractivity contribution in [1.29, 1.82) is 0 Å². The summed E-state index contributed by atoms with van der Waals surface area (Å²) in [6.07, 6.45) is 9.24. The Balaban J connectivity index is 0.834. The molecule has 0 bridgehead atoms. The summed E-state index contributed by atoms with van der Waals surface area (Å²) >= 11 is 0. The number of benzene rings is 9. The van der Waals surface area contributed by atoms with E-state index in [1.54, 1.807) is 0 Å². The van der Waals surface area contributed by atoms with Crippen molar-refractivity contribution in [1.82, 2.24) is 4.57 Å². The second kappa shape index (κ2) is 18.8. The molecule has 4 heteroatoms. The van der Waals surface area contributed by atoms with Crippen LogP contribution in [0.25, 0.3) is 82.8 Å². The van der Waals surface area contributed by atoms with Crippen molar-refractivity contribution in [3.63, 3.8) is 0 Å². The van der Waals surface area contributed by atoms with E-state index in [0.717, 1.165) is 77.5 Å². The third kappa shape index (κ3) is 8.11. The average Bonchev–Trinajstić information content (AvgIpc) is 4.12. The summed E-state index contributed by atoms with van der Waals surface area (Å²) in [6.45, 7) is 2.91. The van der Waals surface area contributed by atoms with E-state index in [1.807, 2.05) is 6.07 Å². The van der Waals surface area contributed by atoms with Crippen LogP contribution < -0.4 is 4.74 Å². The van der Waals surface area contributed by atoms with Crippen LogP contribution >= 0.6 is 0 Å². The van der Waals surface area contributed by atoms with E-state index < -0.39 is 0 Å². The predicted molar refractivity (Wildman–Crippen MR) is 300 cm³/mol. The van der Waals surface area contributed by atoms with Gasteiger partial charge in [0.2, 0.25) is 0 Å². The minimum Gasteiger partial charge on any atom is -0.489 e. The Morgan fingerprint density at radius 1 is 0.556 bits per heavy atom. The van der Waals surface area contributed by atoms with Crippen LogP contribution in [0.5, 0.6) is 5.75 Å². The lowest BCUT2D eigenvalue weighted by molar-refractivity contribution is 0.137. The van der Waals surface area contributed by atoms with Gasteiger partial charge in [0.1, 0.15) is 23.0 Å². The van der Waals surface area contributed by atoms with Crippen LogP contribution in [0.4, 0.5) is 0 Å². The van der Waals surface area contributed by atoms with Gasteiger partial charge in [0.05, 0.1) is 23.3 Å². The first-order chi connectivity index (χ1) is 35.6. The zero-order valence-corrected chi connectivity index (χ0v) is 40.7. The van der Waals surface area contributed by atoms with E-state index in [2.05, 4.69) is 224 Å². The van der Waals surface area contributed by atoms with Crippen LogP contribution in [-0.4, -0.2) is 16.4 Å². The van der Waals surface area contributed by atoms with Crippen LogP contribution in [0.3, 0.4) is 0 Å². The second-order valence-corrected chi connectivity index (χ2v) is 19.9. The van der Waals surface area contributed by atoms with Gasteiger partial charge in [-0.25, -0.2) is 0 Å². The number of ether oxygens (including phenoxy) is 1. The predicted octanol–water partition coefficient (Wildman–Crippen LogP) is 18.1. The third-order valence-electron chi connectivity index (χ3n) is 15.5. The van der Waals surface area contributed by atoms with Gasteiger partial charge in [0.25, 0.3) is 0 Å². The number of allylic oxidation sites excluding steroid dienone is 2. The summed E-state index contributed by atoms with van der Waals surface area (Å²) in [6, 6.07) is 77.0. The van der Waals surface area contributed by atoms with Gasteiger partial charge >= 0.3 is 0 Å². The highest BCUT2D eigenvalue weighted by Gasteiger charge is 2.43. The first-order valence-corrected chi connectivity index (χ1v) is 25.9. The summed E-state index contributed by atoms with van der Waals surface area (Å²) in [7, 11) is 0. The van der Waals surface area contributed by atoms with Crippen LogP contribution in [0.1, 0.15) is 68.1 Å². The van der Waals surface area contributed by atoms with Gasteiger partial charge < -0.3 is 13.7 Å². The Morgan fingerprint density at radius 3 is 1.99 bits per heavy atom. The lowest BCUT2D eigenvalue weighted by Crippen LogP contribution is -2.31. The summed E-state index contributed by atoms with van der Waals surface area (Å²) in [4.78, 5) is 5.41. The molecule has 1 saturated carbocycles. The van der Waals surface area contributed by atoms with Gasteiger partial charge in [-0.15, -0.1) is 0 Å². The number of furan rings is 1. The van der Waals surface area contributed by atoms with Crippen LogP contribution in [0.2, 0.25) is 0 Å². The first kappa shape index (κ1) is 43.8. The monoisotopic (exact) mass is 932 g/mol. The quantitative estimate of drug-likeness (QED) is 0.115. The van der Waals surface area contributed by atoms with Crippen molar-refractivity contribution in [3.8, 4) is 44.8 Å². The number of aliphatic imine (C=N–C) groups is 1. The minimum absolute atomic E-state index is 0.152. The van der Waals surface area contributed by atoms with E-state index in [1.165, 1.54) is 77.6 Å². The zero-order chi connectivity index (χ0) is 48.0. The Labute approximate surface area is 421 Å². The van der Waals surface area contributed by atoms with Crippen molar-refractivity contribution in [2.75, 3.05) is 0 Å². The second-order valence-electron chi connectivity index (χ2n) is 19.9. The maximum atomic E-state index is 6.91. The molecule has 1 aliphatic carbocycles. The van der Waals surface area contributed by atoms with E-state index in [4.69, 9.17) is 14.1 Å². The van der Waals surface area contributed by atoms with E-state index in [9.17, 15) is 0 Å². The maximum Gasteiger partial charge on any atom is 0.136 e. The molecular formula is C68H56N2O2. The summed E-state index contributed by atoms with van der Waals surface area (Å²) in [5, 5.41) is 4.79. The average molecular weight is 933 g/mol. The highest BCUT2D eigenvalue weighted by Crippen LogP contribution is 2.52. The van der Waals surface area contributed by atoms with Crippen LogP contribution in [0, 0.1) is 5.92 Å². The van der Waals surface area contributed by atoms with Crippen LogP contribution in [-0.2, 0) is 6.54 Å². The molecule has 9 aromatic carbocycles. The minimum atomic E-state index is 0.152. The number of nitrogens with zero attached hydrogens (tertiary/aromatic N) is 2. The largest absolute Gasteiger partial charge is 0.489 e. The standard InChI is InChI=1S/C68H56N2O2/c1-2-3-19-52(42-61(69-44-45-17-6-4-7-18-45)53-32-35-58-57-27-11-13-30-64(57)72-67(58)43-53)55-28-16-31-66-68(55)60-41-51(34-37-65(60)71-66)49-23-15-21-47(39-49)46-20-14-22-48(38-46)50-33-36-63-59(40-50)56-26-10-12-29-62(56)70(63)54-24-8-5-9-25-54/h4-15,17-18,20-27,29-30,32-43,55,66,68H,2-3,16,19,28,31,44H2,1H3/b52-42+,69-61+/t55?,66-,68?/m0/s1. The van der Waals surface area contributed by atoms with Gasteiger partial charge in [0.15, 0.2) is 0 Å². The number of fused-ring (bicyclic) bond motifs is 9. The molecule has 0 radical (unpaired) electrons. The highest BCUT2D eigenvalue weighted by atomic mass is 16.5.